The lowest BCUT2D eigenvalue weighted by Crippen LogP contribution is -2.43. The summed E-state index contributed by atoms with van der Waals surface area (Å²) < 4.78 is 15.6. The zero-order valence-corrected chi connectivity index (χ0v) is 26.3. The predicted octanol–water partition coefficient (Wildman–Crippen LogP) is 8.74. The third-order valence-corrected chi connectivity index (χ3v) is 13.8. The molecule has 0 heterocycles. The lowest BCUT2D eigenvalue weighted by molar-refractivity contribution is -0.140. The Morgan fingerprint density at radius 1 is 0.795 bits per heavy atom. The molecule has 0 aromatic heterocycles. The van der Waals surface area contributed by atoms with Crippen LogP contribution in [0.5, 0.6) is 11.5 Å². The summed E-state index contributed by atoms with van der Waals surface area (Å²) in [7, 11) is 2.85. The SMILES string of the molecule is COC(=O)CCC/C(C#C[Si](C(C)C)(C(C)C)C(C)C)=C/C(=C/c1ccc(OC)cc1)c1ccc(OC)cc1. The van der Waals surface area contributed by atoms with E-state index in [1.54, 1.807) is 14.2 Å². The average Bonchev–Trinajstić information content (AvgIpc) is 2.92. The molecule has 2 aromatic rings. The van der Waals surface area contributed by atoms with Gasteiger partial charge in [-0.1, -0.05) is 71.7 Å². The van der Waals surface area contributed by atoms with Gasteiger partial charge in [-0.2, -0.15) is 0 Å². The first kappa shape index (κ1) is 32.0. The molecule has 0 saturated carbocycles. The van der Waals surface area contributed by atoms with Crippen molar-refractivity contribution >= 4 is 25.7 Å². The van der Waals surface area contributed by atoms with Crippen LogP contribution in [0.25, 0.3) is 11.6 Å². The van der Waals surface area contributed by atoms with E-state index in [2.05, 4.69) is 77.3 Å². The second-order valence-electron chi connectivity index (χ2n) is 10.8. The number of methoxy groups -OCH3 is 3. The minimum absolute atomic E-state index is 0.193. The van der Waals surface area contributed by atoms with Gasteiger partial charge < -0.3 is 14.2 Å². The Morgan fingerprint density at radius 3 is 1.77 bits per heavy atom. The topological polar surface area (TPSA) is 44.8 Å². The van der Waals surface area contributed by atoms with Gasteiger partial charge in [0.15, 0.2) is 0 Å². The molecule has 0 fully saturated rings. The summed E-state index contributed by atoms with van der Waals surface area (Å²) in [4.78, 5) is 11.9. The number of esters is 1. The first-order chi connectivity index (χ1) is 18.6. The van der Waals surface area contributed by atoms with Crippen molar-refractivity contribution < 1.29 is 19.0 Å². The van der Waals surface area contributed by atoms with Crippen LogP contribution in [0.15, 0.2) is 60.2 Å². The normalized spacial score (nSPS) is 12.4. The molecule has 210 valence electrons. The Kier molecular flexibility index (Phi) is 12.6. The van der Waals surface area contributed by atoms with E-state index >= 15 is 0 Å². The van der Waals surface area contributed by atoms with Crippen LogP contribution in [0, 0.1) is 11.5 Å². The molecule has 0 saturated heterocycles. The molecular formula is C34H46O4Si. The van der Waals surface area contributed by atoms with Crippen molar-refractivity contribution in [1.82, 2.24) is 0 Å². The number of carbonyl (C=O) groups is 1. The first-order valence-corrected chi connectivity index (χ1v) is 16.1. The van der Waals surface area contributed by atoms with Crippen LogP contribution in [0.2, 0.25) is 16.6 Å². The Morgan fingerprint density at radius 2 is 1.31 bits per heavy atom. The minimum atomic E-state index is -1.93. The molecule has 5 heteroatoms. The molecule has 0 atom stereocenters. The van der Waals surface area contributed by atoms with Crippen molar-refractivity contribution in [3.8, 4) is 23.0 Å². The van der Waals surface area contributed by atoms with Gasteiger partial charge in [0.25, 0.3) is 0 Å². The van der Waals surface area contributed by atoms with E-state index in [1.807, 2.05) is 36.4 Å². The standard InChI is InChI=1S/C34H46O4Si/c1-25(2)39(26(3)4,27(5)6)22-21-28(11-10-12-34(35)38-9)23-31(30-15-19-33(37-8)20-16-30)24-29-13-17-32(36-7)18-14-29/h13-20,23-27H,10-12H2,1-9H3/b28-23-,31-24-. The highest BCUT2D eigenvalue weighted by Gasteiger charge is 2.41. The van der Waals surface area contributed by atoms with Gasteiger partial charge in [-0.15, -0.1) is 5.54 Å². The molecule has 0 aliphatic rings. The average molecular weight is 547 g/mol. The summed E-state index contributed by atoms with van der Waals surface area (Å²) >= 11 is 0. The number of ether oxygens (including phenoxy) is 3. The zero-order valence-electron chi connectivity index (χ0n) is 25.3. The third-order valence-electron chi connectivity index (χ3n) is 7.55. The number of benzene rings is 2. The summed E-state index contributed by atoms with van der Waals surface area (Å²) in [5.41, 5.74) is 9.72. The van der Waals surface area contributed by atoms with Crippen molar-refractivity contribution in [1.29, 1.82) is 0 Å². The minimum Gasteiger partial charge on any atom is -0.497 e. The van der Waals surface area contributed by atoms with E-state index in [0.717, 1.165) is 33.8 Å². The molecule has 0 amide bonds. The van der Waals surface area contributed by atoms with Gasteiger partial charge in [0.2, 0.25) is 0 Å². The van der Waals surface area contributed by atoms with Gasteiger partial charge in [-0.25, -0.2) is 0 Å². The molecule has 4 nitrogen and oxygen atoms in total. The Hall–Kier alpha value is -3.23. The number of hydrogen-bond donors (Lipinski definition) is 0. The Balaban J connectivity index is 2.68. The summed E-state index contributed by atoms with van der Waals surface area (Å²) in [5, 5.41) is 0. The highest BCUT2D eigenvalue weighted by atomic mass is 28.3. The molecule has 2 rings (SSSR count). The van der Waals surface area contributed by atoms with Gasteiger partial charge in [-0.05, 0) is 82.6 Å². The fourth-order valence-electron chi connectivity index (χ4n) is 5.38. The lowest BCUT2D eigenvalue weighted by atomic mass is 9.98. The van der Waals surface area contributed by atoms with Crippen LogP contribution in [0.4, 0.5) is 0 Å². The van der Waals surface area contributed by atoms with Crippen LogP contribution in [-0.4, -0.2) is 35.4 Å². The number of carbonyl (C=O) groups excluding carboxylic acids is 1. The lowest BCUT2D eigenvalue weighted by Gasteiger charge is -2.38. The predicted molar refractivity (Wildman–Crippen MR) is 167 cm³/mol. The number of hydrogen-bond acceptors (Lipinski definition) is 4. The van der Waals surface area contributed by atoms with Gasteiger partial charge in [0, 0.05) is 12.0 Å². The van der Waals surface area contributed by atoms with Crippen molar-refractivity contribution in [2.24, 2.45) is 0 Å². The molecule has 0 N–H and O–H groups in total. The zero-order chi connectivity index (χ0) is 29.0. The first-order valence-electron chi connectivity index (χ1n) is 13.9. The largest absolute Gasteiger partial charge is 0.497 e. The van der Waals surface area contributed by atoms with Gasteiger partial charge in [-0.3, -0.25) is 4.79 Å². The van der Waals surface area contributed by atoms with Crippen LogP contribution >= 0.6 is 0 Å². The molecule has 39 heavy (non-hydrogen) atoms. The molecule has 0 bridgehead atoms. The summed E-state index contributed by atoms with van der Waals surface area (Å²) in [6.07, 6.45) is 6.12. The van der Waals surface area contributed by atoms with Gasteiger partial charge >= 0.3 is 5.97 Å². The fraction of sp³-hybridized carbons (Fsp3) is 0.441. The summed E-state index contributed by atoms with van der Waals surface area (Å²) in [6, 6.07) is 16.1. The summed E-state index contributed by atoms with van der Waals surface area (Å²) in [6.45, 7) is 14.0. The van der Waals surface area contributed by atoms with Gasteiger partial charge in [0.1, 0.15) is 19.6 Å². The van der Waals surface area contributed by atoms with E-state index in [0.29, 0.717) is 35.9 Å². The van der Waals surface area contributed by atoms with Crippen LogP contribution in [-0.2, 0) is 9.53 Å². The molecule has 0 aliphatic heterocycles. The molecule has 0 unspecified atom stereocenters. The fourth-order valence-corrected chi connectivity index (χ4v) is 10.6. The maximum absolute atomic E-state index is 11.9. The van der Waals surface area contributed by atoms with Crippen LogP contribution in [0.1, 0.15) is 71.9 Å². The third kappa shape index (κ3) is 8.90. The van der Waals surface area contributed by atoms with Crippen molar-refractivity contribution in [3.63, 3.8) is 0 Å². The van der Waals surface area contributed by atoms with E-state index in [1.165, 1.54) is 7.11 Å². The number of rotatable bonds is 12. The van der Waals surface area contributed by atoms with E-state index in [-0.39, 0.29) is 5.97 Å². The Bertz CT molecular complexity index is 1150. The molecule has 2 aromatic carbocycles. The van der Waals surface area contributed by atoms with Gasteiger partial charge in [0.05, 0.1) is 21.3 Å². The molecule has 0 aliphatic carbocycles. The maximum Gasteiger partial charge on any atom is 0.305 e. The van der Waals surface area contributed by atoms with Crippen LogP contribution < -0.4 is 9.47 Å². The quantitative estimate of drug-likeness (QED) is 0.0878. The van der Waals surface area contributed by atoms with E-state index < -0.39 is 8.07 Å². The van der Waals surface area contributed by atoms with E-state index in [4.69, 9.17) is 14.2 Å². The maximum atomic E-state index is 11.9. The van der Waals surface area contributed by atoms with Crippen molar-refractivity contribution in [2.45, 2.75) is 77.4 Å². The second kappa shape index (κ2) is 15.4. The smallest absolute Gasteiger partial charge is 0.305 e. The Labute approximate surface area is 237 Å². The monoisotopic (exact) mass is 546 g/mol. The molecule has 0 radical (unpaired) electrons. The summed E-state index contributed by atoms with van der Waals surface area (Å²) in [5.74, 6) is 5.10. The highest BCUT2D eigenvalue weighted by Crippen LogP contribution is 2.41. The highest BCUT2D eigenvalue weighted by molar-refractivity contribution is 6.90. The van der Waals surface area contributed by atoms with Crippen molar-refractivity contribution in [2.75, 3.05) is 21.3 Å². The van der Waals surface area contributed by atoms with E-state index in [9.17, 15) is 4.79 Å². The molecule has 0 spiro atoms. The number of allylic oxidation sites excluding steroid dienone is 3. The second-order valence-corrected chi connectivity index (χ2v) is 16.4. The van der Waals surface area contributed by atoms with Crippen molar-refractivity contribution in [3.05, 3.63) is 71.3 Å². The molecular weight excluding hydrogens is 500 g/mol. The van der Waals surface area contributed by atoms with Crippen LogP contribution in [0.3, 0.4) is 0 Å².